The molecule has 1 saturated heterocycles. The van der Waals surface area contributed by atoms with Gasteiger partial charge >= 0.3 is 6.03 Å². The molecule has 0 bridgehead atoms. The van der Waals surface area contributed by atoms with Crippen molar-refractivity contribution in [2.45, 2.75) is 51.0 Å². The number of hydrogen-bond acceptors (Lipinski definition) is 5. The van der Waals surface area contributed by atoms with E-state index in [-0.39, 0.29) is 12.5 Å². The molecule has 7 nitrogen and oxygen atoms in total. The van der Waals surface area contributed by atoms with Crippen molar-refractivity contribution < 1.29 is 14.4 Å². The smallest absolute Gasteiger partial charge is 0.319 e. The number of anilines is 1. The van der Waals surface area contributed by atoms with Gasteiger partial charge in [-0.25, -0.2) is 4.79 Å². The van der Waals surface area contributed by atoms with Crippen molar-refractivity contribution in [3.8, 4) is 6.07 Å². The van der Waals surface area contributed by atoms with E-state index in [0.717, 1.165) is 58.6 Å². The van der Waals surface area contributed by atoms with Crippen molar-refractivity contribution in [1.82, 2.24) is 10.2 Å². The van der Waals surface area contributed by atoms with Gasteiger partial charge in [-0.15, -0.1) is 11.3 Å². The summed E-state index contributed by atoms with van der Waals surface area (Å²) in [7, 11) is 0. The maximum atomic E-state index is 13.4. The molecule has 8 heteroatoms. The lowest BCUT2D eigenvalue weighted by Gasteiger charge is -2.33. The van der Waals surface area contributed by atoms with Crippen LogP contribution in [0.25, 0.3) is 0 Å². The van der Waals surface area contributed by atoms with Gasteiger partial charge in [0.25, 0.3) is 5.91 Å². The van der Waals surface area contributed by atoms with Gasteiger partial charge in [0.05, 0.1) is 5.56 Å². The number of nitrogens with zero attached hydrogens (tertiary/aromatic N) is 2. The number of carbonyl (C=O) groups excluding carboxylic acids is 3. The summed E-state index contributed by atoms with van der Waals surface area (Å²) in [4.78, 5) is 41.1. The SMILES string of the molecule is C[C@@H]1CCc2c(sc(NC(=O)CN3C(=O)N[C@@]4(CCCc5ccccc54)C3=O)c2C#N)C1. The molecule has 5 rings (SSSR count). The fourth-order valence-electron chi connectivity index (χ4n) is 5.22. The number of aryl methyl sites for hydroxylation is 1. The minimum Gasteiger partial charge on any atom is -0.319 e. The van der Waals surface area contributed by atoms with Gasteiger partial charge in [-0.3, -0.25) is 14.5 Å². The van der Waals surface area contributed by atoms with Crippen molar-refractivity contribution in [3.63, 3.8) is 0 Å². The van der Waals surface area contributed by atoms with Crippen LogP contribution in [0.15, 0.2) is 24.3 Å². The number of nitrogens with one attached hydrogen (secondary N) is 2. The normalized spacial score (nSPS) is 24.0. The average molecular weight is 449 g/mol. The summed E-state index contributed by atoms with van der Waals surface area (Å²) in [5.41, 5.74) is 2.32. The summed E-state index contributed by atoms with van der Waals surface area (Å²) < 4.78 is 0. The van der Waals surface area contributed by atoms with Crippen LogP contribution in [0.3, 0.4) is 0 Å². The van der Waals surface area contributed by atoms with E-state index in [9.17, 15) is 19.6 Å². The van der Waals surface area contributed by atoms with Crippen LogP contribution in [0.1, 0.15) is 53.3 Å². The largest absolute Gasteiger partial charge is 0.325 e. The second-order valence-electron chi connectivity index (χ2n) is 8.95. The first-order valence-corrected chi connectivity index (χ1v) is 11.8. The number of rotatable bonds is 3. The Morgan fingerprint density at radius 3 is 2.97 bits per heavy atom. The Kier molecular flexibility index (Phi) is 5.01. The molecule has 2 aromatic rings. The fraction of sp³-hybridized carbons (Fsp3) is 0.417. The third kappa shape index (κ3) is 3.19. The number of amides is 4. The third-order valence-electron chi connectivity index (χ3n) is 6.83. The van der Waals surface area contributed by atoms with Crippen LogP contribution in [-0.4, -0.2) is 29.3 Å². The van der Waals surface area contributed by atoms with Gasteiger partial charge in [-0.2, -0.15) is 5.26 Å². The maximum Gasteiger partial charge on any atom is 0.325 e. The molecule has 0 unspecified atom stereocenters. The van der Waals surface area contributed by atoms with Crippen molar-refractivity contribution in [1.29, 1.82) is 5.26 Å². The summed E-state index contributed by atoms with van der Waals surface area (Å²) in [5.74, 6) is -0.306. The molecule has 1 spiro atoms. The van der Waals surface area contributed by atoms with E-state index < -0.39 is 17.5 Å². The summed E-state index contributed by atoms with van der Waals surface area (Å²) in [6.07, 6.45) is 4.92. The van der Waals surface area contributed by atoms with Crippen LogP contribution in [0.4, 0.5) is 9.80 Å². The van der Waals surface area contributed by atoms with E-state index in [1.165, 1.54) is 11.3 Å². The lowest BCUT2D eigenvalue weighted by atomic mass is 9.76. The van der Waals surface area contributed by atoms with Crippen LogP contribution in [-0.2, 0) is 34.4 Å². The minimum atomic E-state index is -1.10. The molecule has 164 valence electrons. The highest BCUT2D eigenvalue weighted by Crippen LogP contribution is 2.41. The van der Waals surface area contributed by atoms with Crippen molar-refractivity contribution in [3.05, 3.63) is 51.4 Å². The first-order chi connectivity index (χ1) is 15.4. The Bertz CT molecular complexity index is 1180. The molecule has 2 atom stereocenters. The molecule has 1 aromatic heterocycles. The summed E-state index contributed by atoms with van der Waals surface area (Å²) in [6, 6.07) is 9.33. The van der Waals surface area contributed by atoms with Crippen LogP contribution in [0.5, 0.6) is 0 Å². The predicted octanol–water partition coefficient (Wildman–Crippen LogP) is 3.47. The quantitative estimate of drug-likeness (QED) is 0.702. The Morgan fingerprint density at radius 1 is 1.34 bits per heavy atom. The zero-order valence-corrected chi connectivity index (χ0v) is 18.7. The molecule has 32 heavy (non-hydrogen) atoms. The lowest BCUT2D eigenvalue weighted by molar-refractivity contribution is -0.134. The number of fused-ring (bicyclic) bond motifs is 3. The molecular weight excluding hydrogens is 424 g/mol. The highest BCUT2D eigenvalue weighted by molar-refractivity contribution is 7.16. The second kappa shape index (κ2) is 7.75. The van der Waals surface area contributed by atoms with Gasteiger partial charge in [0, 0.05) is 4.88 Å². The Morgan fingerprint density at radius 2 is 2.16 bits per heavy atom. The molecule has 2 aliphatic carbocycles. The van der Waals surface area contributed by atoms with Crippen LogP contribution >= 0.6 is 11.3 Å². The van der Waals surface area contributed by atoms with Crippen LogP contribution in [0.2, 0.25) is 0 Å². The molecule has 1 aliphatic heterocycles. The van der Waals surface area contributed by atoms with E-state index in [1.54, 1.807) is 0 Å². The molecule has 1 aromatic carbocycles. The Balaban J connectivity index is 1.36. The monoisotopic (exact) mass is 448 g/mol. The van der Waals surface area contributed by atoms with Gasteiger partial charge in [-0.05, 0) is 61.1 Å². The number of imide groups is 1. The van der Waals surface area contributed by atoms with Gasteiger partial charge in [-0.1, -0.05) is 31.2 Å². The summed E-state index contributed by atoms with van der Waals surface area (Å²) in [5, 5.41) is 15.8. The number of nitriles is 1. The highest BCUT2D eigenvalue weighted by atomic mass is 32.1. The molecule has 2 N–H and O–H groups in total. The Labute approximate surface area is 190 Å². The van der Waals surface area contributed by atoms with Gasteiger partial charge in [0.1, 0.15) is 23.2 Å². The van der Waals surface area contributed by atoms with E-state index in [1.807, 2.05) is 24.3 Å². The molecule has 2 heterocycles. The van der Waals surface area contributed by atoms with E-state index in [0.29, 0.717) is 22.9 Å². The van der Waals surface area contributed by atoms with E-state index in [4.69, 9.17) is 0 Å². The number of carbonyl (C=O) groups is 3. The molecule has 0 saturated carbocycles. The van der Waals surface area contributed by atoms with E-state index in [2.05, 4.69) is 23.6 Å². The van der Waals surface area contributed by atoms with Crippen molar-refractivity contribution in [2.24, 2.45) is 5.92 Å². The third-order valence-corrected chi connectivity index (χ3v) is 8.00. The predicted molar refractivity (Wildman–Crippen MR) is 120 cm³/mol. The van der Waals surface area contributed by atoms with Gasteiger partial charge < -0.3 is 10.6 Å². The van der Waals surface area contributed by atoms with Gasteiger partial charge in [0.2, 0.25) is 5.91 Å². The summed E-state index contributed by atoms with van der Waals surface area (Å²) >= 11 is 1.43. The Hall–Kier alpha value is -3.18. The number of benzene rings is 1. The molecule has 4 amide bonds. The van der Waals surface area contributed by atoms with Crippen molar-refractivity contribution >= 4 is 34.2 Å². The first kappa shape index (κ1) is 20.7. The lowest BCUT2D eigenvalue weighted by Crippen LogP contribution is -2.47. The highest BCUT2D eigenvalue weighted by Gasteiger charge is 2.54. The second-order valence-corrected chi connectivity index (χ2v) is 10.1. The first-order valence-electron chi connectivity index (χ1n) is 11.0. The maximum absolute atomic E-state index is 13.4. The molecule has 1 fully saturated rings. The molecule has 3 aliphatic rings. The zero-order chi connectivity index (χ0) is 22.5. The minimum absolute atomic E-state index is 0.377. The summed E-state index contributed by atoms with van der Waals surface area (Å²) in [6.45, 7) is 1.81. The standard InChI is InChI=1S/C24H24N4O3S/c1-14-8-9-16-17(12-25)21(32-19(16)11-14)26-20(29)13-28-22(30)24(27-23(28)31)10-4-6-15-5-2-3-7-18(15)24/h2-3,5,7,14H,4,6,8-11,13H2,1H3,(H,26,29)(H,27,31)/t14-,24-/m1/s1. The van der Waals surface area contributed by atoms with E-state index >= 15 is 0 Å². The van der Waals surface area contributed by atoms with Crippen LogP contribution in [0, 0.1) is 17.2 Å². The topological polar surface area (TPSA) is 102 Å². The van der Waals surface area contributed by atoms with Crippen molar-refractivity contribution in [2.75, 3.05) is 11.9 Å². The van der Waals surface area contributed by atoms with Gasteiger partial charge in [0.15, 0.2) is 0 Å². The zero-order valence-electron chi connectivity index (χ0n) is 17.9. The average Bonchev–Trinajstić information content (AvgIpc) is 3.23. The van der Waals surface area contributed by atoms with Crippen LogP contribution < -0.4 is 10.6 Å². The number of urea groups is 1. The fourth-order valence-corrected chi connectivity index (χ4v) is 6.60. The number of thiophene rings is 1. The molecular formula is C24H24N4O3S. The molecule has 0 radical (unpaired) electrons. The number of hydrogen-bond donors (Lipinski definition) is 2.